The van der Waals surface area contributed by atoms with E-state index in [1.165, 1.54) is 4.40 Å². The third kappa shape index (κ3) is 1.91. The number of aromatic nitrogens is 4. The first-order valence-corrected chi connectivity index (χ1v) is 5.47. The molecule has 2 aromatic heterocycles. The lowest BCUT2D eigenvalue weighted by Gasteiger charge is -2.06. The van der Waals surface area contributed by atoms with E-state index < -0.39 is 0 Å². The summed E-state index contributed by atoms with van der Waals surface area (Å²) in [6.45, 7) is 0. The fourth-order valence-electron chi connectivity index (χ4n) is 1.70. The summed E-state index contributed by atoms with van der Waals surface area (Å²) >= 11 is 0. The highest BCUT2D eigenvalue weighted by molar-refractivity contribution is 5.57. The van der Waals surface area contributed by atoms with E-state index in [2.05, 4.69) is 20.5 Å². The number of aromatic amines is 1. The summed E-state index contributed by atoms with van der Waals surface area (Å²) in [6, 6.07) is 10.5. The minimum absolute atomic E-state index is 0.362. The lowest BCUT2D eigenvalue weighted by Crippen LogP contribution is -2.13. The molecule has 1 aromatic carbocycles. The van der Waals surface area contributed by atoms with Gasteiger partial charge in [0.05, 0.1) is 11.6 Å². The molecule has 0 bridgehead atoms. The molecule has 0 aliphatic heterocycles. The Bertz CT molecular complexity index is 824. The van der Waals surface area contributed by atoms with Crippen molar-refractivity contribution in [2.45, 2.75) is 0 Å². The van der Waals surface area contributed by atoms with Crippen molar-refractivity contribution in [2.24, 2.45) is 0 Å². The van der Waals surface area contributed by atoms with E-state index in [4.69, 9.17) is 5.26 Å². The van der Waals surface area contributed by atoms with Crippen molar-refractivity contribution in [1.82, 2.24) is 19.6 Å². The molecule has 0 saturated carbocycles. The SMILES string of the molecule is N#Cc1ccc(Nc2nccc3n[nH]c(=O)n23)cc1. The van der Waals surface area contributed by atoms with Crippen LogP contribution in [0.5, 0.6) is 0 Å². The Morgan fingerprint density at radius 1 is 1.26 bits per heavy atom. The number of benzene rings is 1. The van der Waals surface area contributed by atoms with Crippen LogP contribution in [0.25, 0.3) is 5.65 Å². The van der Waals surface area contributed by atoms with Crippen molar-refractivity contribution in [3.05, 3.63) is 52.6 Å². The van der Waals surface area contributed by atoms with E-state index in [-0.39, 0.29) is 5.69 Å². The molecule has 19 heavy (non-hydrogen) atoms. The second-order valence-corrected chi connectivity index (χ2v) is 3.80. The van der Waals surface area contributed by atoms with Crippen LogP contribution in [-0.4, -0.2) is 19.6 Å². The average Bonchev–Trinajstić information content (AvgIpc) is 2.83. The lowest BCUT2D eigenvalue weighted by atomic mass is 10.2. The molecule has 0 saturated heterocycles. The van der Waals surface area contributed by atoms with Crippen molar-refractivity contribution in [3.8, 4) is 6.07 Å². The molecule has 7 heteroatoms. The molecule has 3 rings (SSSR count). The summed E-state index contributed by atoms with van der Waals surface area (Å²) in [5, 5.41) is 17.9. The van der Waals surface area contributed by atoms with Crippen molar-refractivity contribution < 1.29 is 0 Å². The minimum atomic E-state index is -0.362. The van der Waals surface area contributed by atoms with Gasteiger partial charge in [-0.25, -0.2) is 19.3 Å². The quantitative estimate of drug-likeness (QED) is 0.709. The van der Waals surface area contributed by atoms with Crippen molar-refractivity contribution >= 4 is 17.3 Å². The molecule has 2 heterocycles. The zero-order valence-corrected chi connectivity index (χ0v) is 9.66. The Morgan fingerprint density at radius 3 is 2.79 bits per heavy atom. The number of nitrogens with zero attached hydrogens (tertiary/aromatic N) is 4. The van der Waals surface area contributed by atoms with Gasteiger partial charge < -0.3 is 5.32 Å². The van der Waals surface area contributed by atoms with Gasteiger partial charge in [0.15, 0.2) is 5.65 Å². The van der Waals surface area contributed by atoms with Crippen LogP contribution in [0, 0.1) is 11.3 Å². The summed E-state index contributed by atoms with van der Waals surface area (Å²) in [5.41, 5.74) is 1.42. The largest absolute Gasteiger partial charge is 0.350 e. The molecular weight excluding hydrogens is 244 g/mol. The van der Waals surface area contributed by atoms with Gasteiger partial charge in [-0.2, -0.15) is 10.4 Å². The third-order valence-electron chi connectivity index (χ3n) is 2.60. The van der Waals surface area contributed by atoms with Gasteiger partial charge in [0, 0.05) is 18.0 Å². The Morgan fingerprint density at radius 2 is 2.05 bits per heavy atom. The number of nitriles is 1. The predicted octanol–water partition coefficient (Wildman–Crippen LogP) is 1.03. The van der Waals surface area contributed by atoms with E-state index in [9.17, 15) is 4.79 Å². The third-order valence-corrected chi connectivity index (χ3v) is 2.60. The van der Waals surface area contributed by atoms with Gasteiger partial charge in [0.2, 0.25) is 5.95 Å². The number of hydrogen-bond donors (Lipinski definition) is 2. The average molecular weight is 252 g/mol. The number of anilines is 2. The molecule has 0 atom stereocenters. The van der Waals surface area contributed by atoms with E-state index in [1.54, 1.807) is 36.5 Å². The van der Waals surface area contributed by atoms with Crippen LogP contribution in [0.4, 0.5) is 11.6 Å². The van der Waals surface area contributed by atoms with Crippen molar-refractivity contribution in [3.63, 3.8) is 0 Å². The Kier molecular flexibility index (Phi) is 2.47. The Hall–Kier alpha value is -3.14. The predicted molar refractivity (Wildman–Crippen MR) is 68.0 cm³/mol. The van der Waals surface area contributed by atoms with E-state index >= 15 is 0 Å². The van der Waals surface area contributed by atoms with Crippen LogP contribution < -0.4 is 11.0 Å². The highest BCUT2D eigenvalue weighted by atomic mass is 16.1. The number of H-pyrrole nitrogens is 1. The molecule has 0 fully saturated rings. The van der Waals surface area contributed by atoms with Gasteiger partial charge in [-0.05, 0) is 24.3 Å². The first-order valence-electron chi connectivity index (χ1n) is 5.47. The van der Waals surface area contributed by atoms with E-state index in [0.29, 0.717) is 17.2 Å². The van der Waals surface area contributed by atoms with Crippen LogP contribution in [0.3, 0.4) is 0 Å². The summed E-state index contributed by atoms with van der Waals surface area (Å²) in [7, 11) is 0. The first kappa shape index (κ1) is 11.0. The Labute approximate surface area is 107 Å². The maximum Gasteiger partial charge on any atom is 0.350 e. The topological polar surface area (TPSA) is 98.9 Å². The van der Waals surface area contributed by atoms with Gasteiger partial charge in [-0.1, -0.05) is 0 Å². The van der Waals surface area contributed by atoms with Crippen LogP contribution in [0.1, 0.15) is 5.56 Å². The van der Waals surface area contributed by atoms with Gasteiger partial charge >= 0.3 is 5.69 Å². The van der Waals surface area contributed by atoms with Gasteiger partial charge in [-0.15, -0.1) is 0 Å². The molecule has 3 aromatic rings. The number of nitrogens with one attached hydrogen (secondary N) is 2. The standard InChI is InChI=1S/C12H8N6O/c13-7-8-1-3-9(4-2-8)15-11-14-6-5-10-16-17-12(19)18(10)11/h1-6H,(H,14,15)(H,17,19). The number of hydrogen-bond acceptors (Lipinski definition) is 5. The van der Waals surface area contributed by atoms with Crippen LogP contribution in [0.15, 0.2) is 41.3 Å². The molecular formula is C12H8N6O. The smallest absolute Gasteiger partial charge is 0.325 e. The number of fused-ring (bicyclic) bond motifs is 1. The fourth-order valence-corrected chi connectivity index (χ4v) is 1.70. The molecule has 0 aliphatic rings. The fraction of sp³-hybridized carbons (Fsp3) is 0. The molecule has 0 spiro atoms. The summed E-state index contributed by atoms with van der Waals surface area (Å²) in [5.74, 6) is 0.362. The maximum atomic E-state index is 11.6. The van der Waals surface area contributed by atoms with Crippen molar-refractivity contribution in [1.29, 1.82) is 5.26 Å². The van der Waals surface area contributed by atoms with Crippen LogP contribution in [-0.2, 0) is 0 Å². The van der Waals surface area contributed by atoms with Gasteiger partial charge in [0.25, 0.3) is 0 Å². The minimum Gasteiger partial charge on any atom is -0.325 e. The Balaban J connectivity index is 2.03. The molecule has 0 amide bonds. The first-order chi connectivity index (χ1) is 9.28. The normalized spacial score (nSPS) is 10.3. The summed E-state index contributed by atoms with van der Waals surface area (Å²) < 4.78 is 1.33. The molecule has 7 nitrogen and oxygen atoms in total. The molecule has 92 valence electrons. The maximum absolute atomic E-state index is 11.6. The zero-order chi connectivity index (χ0) is 13.2. The van der Waals surface area contributed by atoms with Gasteiger partial charge in [0.1, 0.15) is 0 Å². The van der Waals surface area contributed by atoms with Crippen LogP contribution in [0.2, 0.25) is 0 Å². The van der Waals surface area contributed by atoms with E-state index in [0.717, 1.165) is 5.69 Å². The van der Waals surface area contributed by atoms with Crippen LogP contribution >= 0.6 is 0 Å². The van der Waals surface area contributed by atoms with Crippen molar-refractivity contribution in [2.75, 3.05) is 5.32 Å². The summed E-state index contributed by atoms with van der Waals surface area (Å²) in [4.78, 5) is 15.7. The molecule has 2 N–H and O–H groups in total. The second kappa shape index (κ2) is 4.27. The molecule has 0 aliphatic carbocycles. The number of rotatable bonds is 2. The molecule has 0 radical (unpaired) electrons. The van der Waals surface area contributed by atoms with Gasteiger partial charge in [-0.3, -0.25) is 0 Å². The highest BCUT2D eigenvalue weighted by Gasteiger charge is 2.06. The monoisotopic (exact) mass is 252 g/mol. The summed E-state index contributed by atoms with van der Waals surface area (Å²) in [6.07, 6.45) is 1.56. The second-order valence-electron chi connectivity index (χ2n) is 3.80. The zero-order valence-electron chi connectivity index (χ0n) is 9.66. The lowest BCUT2D eigenvalue weighted by molar-refractivity contribution is 1.00. The molecule has 0 unspecified atom stereocenters. The van der Waals surface area contributed by atoms with E-state index in [1.807, 2.05) is 6.07 Å². The highest BCUT2D eigenvalue weighted by Crippen LogP contribution is 2.14.